The first-order valence-corrected chi connectivity index (χ1v) is 5.77. The maximum absolute atomic E-state index is 13.4. The second kappa shape index (κ2) is 6.35. The van der Waals surface area contributed by atoms with Crippen molar-refractivity contribution in [3.8, 4) is 11.5 Å². The van der Waals surface area contributed by atoms with Gasteiger partial charge in [-0.05, 0) is 26.5 Å². The number of ether oxygens (including phenoxy) is 2. The third kappa shape index (κ3) is 3.43. The van der Waals surface area contributed by atoms with Crippen molar-refractivity contribution in [3.05, 3.63) is 23.5 Å². The van der Waals surface area contributed by atoms with Crippen molar-refractivity contribution in [2.45, 2.75) is 26.4 Å². The molecule has 0 saturated carbocycles. The zero-order valence-electron chi connectivity index (χ0n) is 10.8. The van der Waals surface area contributed by atoms with Gasteiger partial charge in [-0.25, -0.2) is 4.39 Å². The van der Waals surface area contributed by atoms with Crippen LogP contribution in [0.3, 0.4) is 0 Å². The van der Waals surface area contributed by atoms with E-state index in [1.807, 2.05) is 13.8 Å². The van der Waals surface area contributed by atoms with Crippen LogP contribution in [-0.2, 0) is 0 Å². The number of Topliss-reactive ketones (excluding diaryl/α,β-unsaturated/α-hetero) is 1. The third-order valence-corrected chi connectivity index (χ3v) is 2.26. The molecule has 2 N–H and O–H groups in total. The number of ketones is 1. The summed E-state index contributed by atoms with van der Waals surface area (Å²) in [6.45, 7) is 3.85. The van der Waals surface area contributed by atoms with E-state index in [0.717, 1.165) is 6.07 Å². The Labute approximate surface area is 106 Å². The Bertz CT molecular complexity index is 432. The number of nitrogens with two attached hydrogens (primary N) is 1. The number of carbonyl (C=O) groups is 1. The molecule has 0 aromatic heterocycles. The molecule has 0 unspecified atom stereocenters. The molecule has 0 fully saturated rings. The van der Waals surface area contributed by atoms with Crippen molar-refractivity contribution in [2.75, 3.05) is 13.7 Å². The Morgan fingerprint density at radius 1 is 1.44 bits per heavy atom. The highest BCUT2D eigenvalue weighted by atomic mass is 19.1. The van der Waals surface area contributed by atoms with Crippen LogP contribution < -0.4 is 15.2 Å². The number of carbonyl (C=O) groups excluding carboxylic acids is 1. The van der Waals surface area contributed by atoms with Gasteiger partial charge >= 0.3 is 0 Å². The number of hydrogen-bond donors (Lipinski definition) is 1. The van der Waals surface area contributed by atoms with Crippen LogP contribution in [0.2, 0.25) is 0 Å². The van der Waals surface area contributed by atoms with Crippen LogP contribution in [0.25, 0.3) is 0 Å². The van der Waals surface area contributed by atoms with Crippen molar-refractivity contribution in [2.24, 2.45) is 5.73 Å². The zero-order chi connectivity index (χ0) is 13.7. The first-order valence-electron chi connectivity index (χ1n) is 5.77. The summed E-state index contributed by atoms with van der Waals surface area (Å²) >= 11 is 0. The predicted octanol–water partition coefficient (Wildman–Crippen LogP) is 2.15. The molecule has 100 valence electrons. The van der Waals surface area contributed by atoms with E-state index in [-0.39, 0.29) is 41.9 Å². The summed E-state index contributed by atoms with van der Waals surface area (Å²) in [6.07, 6.45) is -0.00470. The molecule has 0 spiro atoms. The molecule has 0 saturated heterocycles. The largest absolute Gasteiger partial charge is 0.493 e. The van der Waals surface area contributed by atoms with Gasteiger partial charge in [0.2, 0.25) is 0 Å². The van der Waals surface area contributed by atoms with E-state index in [9.17, 15) is 9.18 Å². The summed E-state index contributed by atoms with van der Waals surface area (Å²) in [7, 11) is 1.40. The average molecular weight is 255 g/mol. The van der Waals surface area contributed by atoms with Crippen LogP contribution in [0.15, 0.2) is 12.1 Å². The van der Waals surface area contributed by atoms with Crippen LogP contribution in [0.5, 0.6) is 11.5 Å². The van der Waals surface area contributed by atoms with Gasteiger partial charge in [-0.2, -0.15) is 0 Å². The van der Waals surface area contributed by atoms with Crippen molar-refractivity contribution in [1.82, 2.24) is 0 Å². The monoisotopic (exact) mass is 255 g/mol. The maximum atomic E-state index is 13.4. The van der Waals surface area contributed by atoms with Gasteiger partial charge in [0.25, 0.3) is 0 Å². The molecule has 0 atom stereocenters. The smallest absolute Gasteiger partial charge is 0.172 e. The zero-order valence-corrected chi connectivity index (χ0v) is 10.8. The average Bonchev–Trinajstić information content (AvgIpc) is 2.30. The SMILES string of the molecule is COc1cc(F)cc(C(=O)CCN)c1OC(C)C. The molecule has 1 aromatic carbocycles. The highest BCUT2D eigenvalue weighted by Gasteiger charge is 2.19. The highest BCUT2D eigenvalue weighted by molar-refractivity contribution is 5.99. The lowest BCUT2D eigenvalue weighted by atomic mass is 10.1. The van der Waals surface area contributed by atoms with E-state index in [1.165, 1.54) is 13.2 Å². The molecule has 0 bridgehead atoms. The normalized spacial score (nSPS) is 10.6. The highest BCUT2D eigenvalue weighted by Crippen LogP contribution is 2.34. The Balaban J connectivity index is 3.27. The summed E-state index contributed by atoms with van der Waals surface area (Å²) in [5, 5.41) is 0. The van der Waals surface area contributed by atoms with Crippen molar-refractivity contribution >= 4 is 5.78 Å². The van der Waals surface area contributed by atoms with Gasteiger partial charge in [0.1, 0.15) is 5.82 Å². The molecule has 0 amide bonds. The first-order chi connectivity index (χ1) is 8.49. The van der Waals surface area contributed by atoms with E-state index in [4.69, 9.17) is 15.2 Å². The summed E-state index contributed by atoms with van der Waals surface area (Å²) in [5.74, 6) is -0.314. The van der Waals surface area contributed by atoms with Gasteiger partial charge in [0.15, 0.2) is 17.3 Å². The minimum absolute atomic E-state index is 0.140. The van der Waals surface area contributed by atoms with Gasteiger partial charge in [-0.3, -0.25) is 4.79 Å². The summed E-state index contributed by atoms with van der Waals surface area (Å²) in [4.78, 5) is 11.9. The van der Waals surface area contributed by atoms with E-state index in [1.54, 1.807) is 0 Å². The van der Waals surface area contributed by atoms with Crippen LogP contribution in [0.4, 0.5) is 4.39 Å². The molecule has 0 aliphatic heterocycles. The molecule has 0 aliphatic carbocycles. The number of methoxy groups -OCH3 is 1. The molecular weight excluding hydrogens is 237 g/mol. The Morgan fingerprint density at radius 3 is 2.61 bits per heavy atom. The van der Waals surface area contributed by atoms with Crippen molar-refractivity contribution in [3.63, 3.8) is 0 Å². The summed E-state index contributed by atoms with van der Waals surface area (Å²) in [5.41, 5.74) is 5.51. The molecule has 0 heterocycles. The number of benzene rings is 1. The van der Waals surface area contributed by atoms with Crippen LogP contribution in [-0.4, -0.2) is 25.5 Å². The number of halogens is 1. The molecule has 0 aliphatic rings. The molecular formula is C13H18FNO3. The number of hydrogen-bond acceptors (Lipinski definition) is 4. The van der Waals surface area contributed by atoms with E-state index >= 15 is 0 Å². The van der Waals surface area contributed by atoms with Gasteiger partial charge in [0.05, 0.1) is 18.8 Å². The molecule has 5 heteroatoms. The van der Waals surface area contributed by atoms with Gasteiger partial charge in [-0.15, -0.1) is 0 Å². The van der Waals surface area contributed by atoms with Crippen LogP contribution in [0.1, 0.15) is 30.6 Å². The van der Waals surface area contributed by atoms with Crippen LogP contribution >= 0.6 is 0 Å². The van der Waals surface area contributed by atoms with Crippen molar-refractivity contribution in [1.29, 1.82) is 0 Å². The fourth-order valence-electron chi connectivity index (χ4n) is 1.55. The van der Waals surface area contributed by atoms with Crippen molar-refractivity contribution < 1.29 is 18.7 Å². The number of rotatable bonds is 6. The quantitative estimate of drug-likeness (QED) is 0.791. The standard InChI is InChI=1S/C13H18FNO3/c1-8(2)18-13-10(11(16)4-5-15)6-9(14)7-12(13)17-3/h6-8H,4-5,15H2,1-3H3. The lowest BCUT2D eigenvalue weighted by molar-refractivity contribution is 0.0978. The van der Waals surface area contributed by atoms with E-state index < -0.39 is 5.82 Å². The first kappa shape index (κ1) is 14.4. The fraction of sp³-hybridized carbons (Fsp3) is 0.462. The molecule has 0 radical (unpaired) electrons. The second-order valence-electron chi connectivity index (χ2n) is 4.11. The second-order valence-corrected chi connectivity index (χ2v) is 4.11. The Morgan fingerprint density at radius 2 is 2.11 bits per heavy atom. The fourth-order valence-corrected chi connectivity index (χ4v) is 1.55. The van der Waals surface area contributed by atoms with E-state index in [0.29, 0.717) is 0 Å². The van der Waals surface area contributed by atoms with Gasteiger partial charge in [0, 0.05) is 12.5 Å². The minimum Gasteiger partial charge on any atom is -0.493 e. The van der Waals surface area contributed by atoms with Gasteiger partial charge in [-0.1, -0.05) is 0 Å². The third-order valence-electron chi connectivity index (χ3n) is 2.26. The Hall–Kier alpha value is -1.62. The molecule has 4 nitrogen and oxygen atoms in total. The van der Waals surface area contributed by atoms with Crippen LogP contribution in [0, 0.1) is 5.82 Å². The summed E-state index contributed by atoms with van der Waals surface area (Å²) in [6, 6.07) is 2.34. The topological polar surface area (TPSA) is 61.5 Å². The lowest BCUT2D eigenvalue weighted by Gasteiger charge is -2.17. The predicted molar refractivity (Wildman–Crippen MR) is 66.7 cm³/mol. The molecule has 1 rings (SSSR count). The molecule has 1 aromatic rings. The lowest BCUT2D eigenvalue weighted by Crippen LogP contribution is -2.14. The molecule has 18 heavy (non-hydrogen) atoms. The maximum Gasteiger partial charge on any atom is 0.172 e. The summed E-state index contributed by atoms with van der Waals surface area (Å²) < 4.78 is 24.0. The minimum atomic E-state index is -0.539. The van der Waals surface area contributed by atoms with Gasteiger partial charge < -0.3 is 15.2 Å². The van der Waals surface area contributed by atoms with E-state index in [2.05, 4.69) is 0 Å². The Kier molecular flexibility index (Phi) is 5.09.